The lowest BCUT2D eigenvalue weighted by atomic mass is 9.92. The molecule has 4 N–H and O–H groups in total. The Bertz CT molecular complexity index is 772. The van der Waals surface area contributed by atoms with Crippen molar-refractivity contribution < 1.29 is 14.3 Å². The number of hydrazine groups is 1. The molecule has 1 amide bonds. The average Bonchev–Trinajstić information content (AvgIpc) is 2.68. The van der Waals surface area contributed by atoms with Gasteiger partial charge in [-0.25, -0.2) is 20.6 Å². The van der Waals surface area contributed by atoms with Gasteiger partial charge in [-0.2, -0.15) is 0 Å². The summed E-state index contributed by atoms with van der Waals surface area (Å²) in [6.45, 7) is 1.80. The molecule has 0 saturated heterocycles. The molecular formula is C21H34N6O3. The first-order valence-corrected chi connectivity index (χ1v) is 10.7. The van der Waals surface area contributed by atoms with E-state index < -0.39 is 0 Å². The maximum Gasteiger partial charge on any atom is 0.410 e. The fourth-order valence-electron chi connectivity index (χ4n) is 3.73. The normalized spacial score (nSPS) is 18.3. The van der Waals surface area contributed by atoms with E-state index in [2.05, 4.69) is 9.97 Å². The summed E-state index contributed by atoms with van der Waals surface area (Å²) in [5.41, 5.74) is 8.23. The number of carbonyl (C=O) groups excluding carboxylic acids is 1. The van der Waals surface area contributed by atoms with E-state index in [1.165, 1.54) is 24.3 Å². The molecule has 2 aliphatic rings. The highest BCUT2D eigenvalue weighted by Gasteiger charge is 2.27. The SMILES string of the molecule is Cc1nc(/C(N)=C(\COC(=O)N(C)C2CCC2)N(C)N)cnc1OC1CCCCC1. The number of nitrogens with two attached hydrogens (primary N) is 2. The highest BCUT2D eigenvalue weighted by Crippen LogP contribution is 2.25. The summed E-state index contributed by atoms with van der Waals surface area (Å²) in [5.74, 6) is 6.48. The summed E-state index contributed by atoms with van der Waals surface area (Å²) >= 11 is 0. The molecule has 1 heterocycles. The van der Waals surface area contributed by atoms with Crippen molar-refractivity contribution in [3.63, 3.8) is 0 Å². The Morgan fingerprint density at radius 2 is 1.87 bits per heavy atom. The summed E-state index contributed by atoms with van der Waals surface area (Å²) in [6.07, 6.45) is 10.3. The molecule has 0 aliphatic heterocycles. The van der Waals surface area contributed by atoms with E-state index in [0.717, 1.165) is 32.1 Å². The fraction of sp³-hybridized carbons (Fsp3) is 0.667. The van der Waals surface area contributed by atoms with Crippen LogP contribution in [-0.4, -0.2) is 58.8 Å². The van der Waals surface area contributed by atoms with Gasteiger partial charge in [0.1, 0.15) is 24.1 Å². The van der Waals surface area contributed by atoms with Crippen molar-refractivity contribution in [2.24, 2.45) is 11.6 Å². The molecule has 3 rings (SSSR count). The predicted octanol–water partition coefficient (Wildman–Crippen LogP) is 2.55. The topological polar surface area (TPSA) is 120 Å². The molecule has 0 atom stereocenters. The highest BCUT2D eigenvalue weighted by atomic mass is 16.6. The molecular weight excluding hydrogens is 384 g/mol. The molecule has 0 spiro atoms. The maximum absolute atomic E-state index is 12.3. The number of aromatic nitrogens is 2. The number of rotatable bonds is 7. The third-order valence-corrected chi connectivity index (χ3v) is 5.99. The van der Waals surface area contributed by atoms with Gasteiger partial charge in [-0.05, 0) is 51.9 Å². The number of nitrogens with zero attached hydrogens (tertiary/aromatic N) is 4. The Labute approximate surface area is 178 Å². The second kappa shape index (κ2) is 9.97. The molecule has 9 heteroatoms. The summed E-state index contributed by atoms with van der Waals surface area (Å²) in [5, 5.41) is 1.34. The van der Waals surface area contributed by atoms with Crippen LogP contribution >= 0.6 is 0 Å². The van der Waals surface area contributed by atoms with Crippen LogP contribution in [0.2, 0.25) is 0 Å². The standard InChI is InChI=1S/C21H34N6O3/c1-14-20(30-16-10-5-4-6-11-16)24-12-17(25-14)19(22)18(27(3)23)13-29-21(28)26(2)15-8-7-9-15/h12,15-16H,4-11,13,22-23H2,1-3H3/b19-18-. The average molecular weight is 419 g/mol. The van der Waals surface area contributed by atoms with Crippen molar-refractivity contribution in [1.29, 1.82) is 0 Å². The predicted molar refractivity (Wildman–Crippen MR) is 114 cm³/mol. The Morgan fingerprint density at radius 1 is 1.17 bits per heavy atom. The number of hydrogen-bond donors (Lipinski definition) is 2. The Hall–Kier alpha value is -2.55. The zero-order valence-corrected chi connectivity index (χ0v) is 18.3. The van der Waals surface area contributed by atoms with E-state index in [1.807, 2.05) is 6.92 Å². The van der Waals surface area contributed by atoms with Gasteiger partial charge in [0.2, 0.25) is 5.88 Å². The van der Waals surface area contributed by atoms with Crippen LogP contribution in [0.5, 0.6) is 5.88 Å². The molecule has 0 radical (unpaired) electrons. The molecule has 2 aliphatic carbocycles. The minimum Gasteiger partial charge on any atom is -0.473 e. The molecule has 166 valence electrons. The molecule has 0 bridgehead atoms. The molecule has 1 aromatic rings. The quantitative estimate of drug-likeness (QED) is 0.512. The van der Waals surface area contributed by atoms with Crippen molar-refractivity contribution in [3.05, 3.63) is 23.3 Å². The zero-order chi connectivity index (χ0) is 21.7. The number of ether oxygens (including phenoxy) is 2. The van der Waals surface area contributed by atoms with Crippen LogP contribution in [0.15, 0.2) is 11.9 Å². The number of aryl methyl sites for hydroxylation is 1. The van der Waals surface area contributed by atoms with E-state index in [0.29, 0.717) is 28.7 Å². The summed E-state index contributed by atoms with van der Waals surface area (Å²) < 4.78 is 11.5. The van der Waals surface area contributed by atoms with Crippen LogP contribution in [0.4, 0.5) is 4.79 Å². The lowest BCUT2D eigenvalue weighted by Gasteiger charge is -2.34. The van der Waals surface area contributed by atoms with Crippen molar-refractivity contribution in [2.45, 2.75) is 70.4 Å². The van der Waals surface area contributed by atoms with Crippen LogP contribution < -0.4 is 16.3 Å². The van der Waals surface area contributed by atoms with Gasteiger partial charge in [0.25, 0.3) is 0 Å². The second-order valence-electron chi connectivity index (χ2n) is 8.25. The molecule has 2 saturated carbocycles. The van der Waals surface area contributed by atoms with E-state index >= 15 is 0 Å². The number of amides is 1. The smallest absolute Gasteiger partial charge is 0.410 e. The van der Waals surface area contributed by atoms with Crippen molar-refractivity contribution >= 4 is 11.8 Å². The first-order chi connectivity index (χ1) is 14.4. The lowest BCUT2D eigenvalue weighted by molar-refractivity contribution is 0.0821. The highest BCUT2D eigenvalue weighted by molar-refractivity contribution is 5.69. The Kier molecular flexibility index (Phi) is 7.36. The molecule has 9 nitrogen and oxygen atoms in total. The lowest BCUT2D eigenvalue weighted by Crippen LogP contribution is -2.42. The first-order valence-electron chi connectivity index (χ1n) is 10.7. The van der Waals surface area contributed by atoms with Gasteiger partial charge in [-0.1, -0.05) is 6.42 Å². The zero-order valence-electron chi connectivity index (χ0n) is 18.3. The monoisotopic (exact) mass is 418 g/mol. The van der Waals surface area contributed by atoms with Crippen LogP contribution in [0.1, 0.15) is 62.8 Å². The second-order valence-corrected chi connectivity index (χ2v) is 8.25. The maximum atomic E-state index is 12.3. The van der Waals surface area contributed by atoms with Crippen molar-refractivity contribution in [3.8, 4) is 5.88 Å². The van der Waals surface area contributed by atoms with Gasteiger partial charge in [0.15, 0.2) is 0 Å². The molecule has 2 fully saturated rings. The van der Waals surface area contributed by atoms with Gasteiger partial charge in [-0.15, -0.1) is 0 Å². The molecule has 0 aromatic carbocycles. The largest absolute Gasteiger partial charge is 0.473 e. The first kappa shape index (κ1) is 22.1. The number of hydrogen-bond acceptors (Lipinski definition) is 8. The summed E-state index contributed by atoms with van der Waals surface area (Å²) in [7, 11) is 3.40. The minimum atomic E-state index is -0.384. The van der Waals surface area contributed by atoms with Gasteiger partial charge in [0, 0.05) is 20.1 Å². The van der Waals surface area contributed by atoms with Gasteiger partial charge in [-0.3, -0.25) is 0 Å². The van der Waals surface area contributed by atoms with E-state index in [-0.39, 0.29) is 24.8 Å². The third kappa shape index (κ3) is 5.33. The molecule has 30 heavy (non-hydrogen) atoms. The van der Waals surface area contributed by atoms with E-state index in [9.17, 15) is 4.79 Å². The van der Waals surface area contributed by atoms with E-state index in [4.69, 9.17) is 21.1 Å². The number of carbonyl (C=O) groups is 1. The van der Waals surface area contributed by atoms with Crippen LogP contribution in [0, 0.1) is 6.92 Å². The Morgan fingerprint density at radius 3 is 2.43 bits per heavy atom. The fourth-order valence-corrected chi connectivity index (χ4v) is 3.73. The van der Waals surface area contributed by atoms with Crippen molar-refractivity contribution in [1.82, 2.24) is 19.9 Å². The third-order valence-electron chi connectivity index (χ3n) is 5.99. The van der Waals surface area contributed by atoms with Crippen molar-refractivity contribution in [2.75, 3.05) is 20.7 Å². The van der Waals surface area contributed by atoms with Gasteiger partial charge >= 0.3 is 6.09 Å². The molecule has 0 unspecified atom stereocenters. The van der Waals surface area contributed by atoms with E-state index in [1.54, 1.807) is 25.2 Å². The summed E-state index contributed by atoms with van der Waals surface area (Å²) in [6, 6.07) is 0.253. The molecule has 1 aromatic heterocycles. The van der Waals surface area contributed by atoms with Gasteiger partial charge < -0.3 is 25.1 Å². The van der Waals surface area contributed by atoms with Gasteiger partial charge in [0.05, 0.1) is 17.6 Å². The number of likely N-dealkylation sites (N-methyl/N-ethyl adjacent to an activating group) is 1. The Balaban J connectivity index is 1.68. The van der Waals surface area contributed by atoms with Crippen LogP contribution in [0.3, 0.4) is 0 Å². The minimum absolute atomic E-state index is 0.0459. The van der Waals surface area contributed by atoms with Crippen LogP contribution in [0.25, 0.3) is 5.70 Å². The van der Waals surface area contributed by atoms with Crippen LogP contribution in [-0.2, 0) is 4.74 Å². The summed E-state index contributed by atoms with van der Waals surface area (Å²) in [4.78, 5) is 22.9.